The molecule has 0 radical (unpaired) electrons. The van der Waals surface area contributed by atoms with Crippen molar-refractivity contribution >= 4 is 27.6 Å². The molecule has 0 aromatic heterocycles. The van der Waals surface area contributed by atoms with Crippen LogP contribution in [0.2, 0.25) is 0 Å². The van der Waals surface area contributed by atoms with Gasteiger partial charge in [0.25, 0.3) is 0 Å². The number of ether oxygens (including phenoxy) is 2. The van der Waals surface area contributed by atoms with Gasteiger partial charge in [0.05, 0.1) is 24.8 Å². The minimum atomic E-state index is -3.28. The highest BCUT2D eigenvalue weighted by Crippen LogP contribution is 2.28. The van der Waals surface area contributed by atoms with Crippen molar-refractivity contribution in [3.63, 3.8) is 0 Å². The summed E-state index contributed by atoms with van der Waals surface area (Å²) in [6.07, 6.45) is 4.41. The zero-order valence-electron chi connectivity index (χ0n) is 19.4. The molecule has 0 unspecified atom stereocenters. The first-order valence-corrected chi connectivity index (χ1v) is 12.8. The number of nitrogens with zero attached hydrogens (tertiary/aromatic N) is 2. The van der Waals surface area contributed by atoms with Crippen LogP contribution < -0.4 is 14.8 Å². The quantitative estimate of drug-likeness (QED) is 0.559. The molecule has 178 valence electrons. The molecular formula is C24H31N3O5S. The third-order valence-electron chi connectivity index (χ3n) is 5.19. The predicted molar refractivity (Wildman–Crippen MR) is 129 cm³/mol. The molecule has 2 aromatic rings. The summed E-state index contributed by atoms with van der Waals surface area (Å²) in [6.45, 7) is 5.41. The first kappa shape index (κ1) is 24.6. The predicted octanol–water partition coefficient (Wildman–Crippen LogP) is 3.57. The van der Waals surface area contributed by atoms with Crippen molar-refractivity contribution in [2.24, 2.45) is 11.0 Å². The number of benzene rings is 2. The van der Waals surface area contributed by atoms with Crippen molar-refractivity contribution in [2.45, 2.75) is 37.6 Å². The Morgan fingerprint density at radius 2 is 1.94 bits per heavy atom. The van der Waals surface area contributed by atoms with Gasteiger partial charge in [-0.15, -0.1) is 0 Å². The molecule has 0 spiro atoms. The van der Waals surface area contributed by atoms with E-state index in [1.807, 2.05) is 18.2 Å². The third-order valence-corrected chi connectivity index (χ3v) is 6.32. The Bertz CT molecular complexity index is 1100. The second-order valence-electron chi connectivity index (χ2n) is 8.47. The normalized spacial score (nSPS) is 16.4. The summed E-state index contributed by atoms with van der Waals surface area (Å²) in [7, 11) is -1.67. The Morgan fingerprint density at radius 1 is 1.21 bits per heavy atom. The van der Waals surface area contributed by atoms with E-state index in [2.05, 4.69) is 24.3 Å². The molecule has 1 saturated heterocycles. The number of hydrogen-bond donors (Lipinski definition) is 1. The van der Waals surface area contributed by atoms with Gasteiger partial charge in [-0.25, -0.2) is 8.42 Å². The van der Waals surface area contributed by atoms with E-state index in [9.17, 15) is 13.2 Å². The Labute approximate surface area is 195 Å². The summed E-state index contributed by atoms with van der Waals surface area (Å²) in [4.78, 5) is 13.0. The topological polar surface area (TPSA) is 97.3 Å². The summed E-state index contributed by atoms with van der Waals surface area (Å²) in [6, 6.07) is 11.4. The minimum absolute atomic E-state index is 0.174. The number of carbonyl (C=O) groups excluding carboxylic acids is 1. The SMILES string of the molecule is COc1ccc(/C=N/N2CCC[C@H]2C(=O)Nc2ccc(S(C)(=O)=O)cc2)cc1OCC(C)C. The summed E-state index contributed by atoms with van der Waals surface area (Å²) in [5.41, 5.74) is 1.39. The molecule has 1 aliphatic rings. The molecule has 8 nitrogen and oxygen atoms in total. The van der Waals surface area contributed by atoms with Gasteiger partial charge in [0.15, 0.2) is 21.3 Å². The number of sulfone groups is 1. The first-order chi connectivity index (χ1) is 15.7. The molecule has 2 aromatic carbocycles. The number of amides is 1. The first-order valence-electron chi connectivity index (χ1n) is 10.9. The average Bonchev–Trinajstić information content (AvgIpc) is 3.25. The highest BCUT2D eigenvalue weighted by Gasteiger charge is 2.30. The maximum atomic E-state index is 12.8. The number of rotatable bonds is 9. The van der Waals surface area contributed by atoms with E-state index in [1.54, 1.807) is 30.5 Å². The Kier molecular flexibility index (Phi) is 7.97. The number of carbonyl (C=O) groups is 1. The summed E-state index contributed by atoms with van der Waals surface area (Å²) in [5.74, 6) is 1.53. The van der Waals surface area contributed by atoms with Gasteiger partial charge < -0.3 is 14.8 Å². The fourth-order valence-corrected chi connectivity index (χ4v) is 4.08. The van der Waals surface area contributed by atoms with E-state index >= 15 is 0 Å². The molecule has 1 aliphatic heterocycles. The molecule has 0 saturated carbocycles. The van der Waals surface area contributed by atoms with Gasteiger partial charge in [0.2, 0.25) is 5.91 Å². The molecular weight excluding hydrogens is 442 g/mol. The number of methoxy groups -OCH3 is 1. The molecule has 0 aliphatic carbocycles. The van der Waals surface area contributed by atoms with Crippen LogP contribution in [0.3, 0.4) is 0 Å². The van der Waals surface area contributed by atoms with Crippen molar-refractivity contribution in [3.8, 4) is 11.5 Å². The van der Waals surface area contributed by atoms with Crippen LogP contribution in [0.4, 0.5) is 5.69 Å². The lowest BCUT2D eigenvalue weighted by molar-refractivity contribution is -0.120. The van der Waals surface area contributed by atoms with Gasteiger partial charge in [-0.2, -0.15) is 5.10 Å². The fourth-order valence-electron chi connectivity index (χ4n) is 3.45. The monoisotopic (exact) mass is 473 g/mol. The van der Waals surface area contributed by atoms with Crippen molar-refractivity contribution in [1.82, 2.24) is 5.01 Å². The van der Waals surface area contributed by atoms with Gasteiger partial charge in [0, 0.05) is 18.5 Å². The van der Waals surface area contributed by atoms with E-state index in [4.69, 9.17) is 9.47 Å². The van der Waals surface area contributed by atoms with E-state index in [1.165, 1.54) is 12.1 Å². The zero-order valence-corrected chi connectivity index (χ0v) is 20.3. The lowest BCUT2D eigenvalue weighted by atomic mass is 10.2. The largest absolute Gasteiger partial charge is 0.493 e. The van der Waals surface area contributed by atoms with Gasteiger partial charge in [-0.1, -0.05) is 13.8 Å². The van der Waals surface area contributed by atoms with Crippen molar-refractivity contribution in [1.29, 1.82) is 0 Å². The molecule has 1 N–H and O–H groups in total. The summed E-state index contributed by atoms with van der Waals surface area (Å²) in [5, 5.41) is 9.18. The Morgan fingerprint density at radius 3 is 2.58 bits per heavy atom. The van der Waals surface area contributed by atoms with Crippen molar-refractivity contribution < 1.29 is 22.7 Å². The van der Waals surface area contributed by atoms with Crippen LogP contribution in [-0.4, -0.2) is 58.1 Å². The second kappa shape index (κ2) is 10.7. The lowest BCUT2D eigenvalue weighted by Crippen LogP contribution is -2.36. The van der Waals surface area contributed by atoms with Crippen LogP contribution in [0.1, 0.15) is 32.3 Å². The van der Waals surface area contributed by atoms with Crippen LogP contribution in [0.15, 0.2) is 52.5 Å². The summed E-state index contributed by atoms with van der Waals surface area (Å²) < 4.78 is 34.4. The van der Waals surface area contributed by atoms with Gasteiger partial charge in [-0.05, 0) is 66.8 Å². The van der Waals surface area contributed by atoms with Crippen molar-refractivity contribution in [2.75, 3.05) is 31.8 Å². The van der Waals surface area contributed by atoms with E-state index in [-0.39, 0.29) is 10.8 Å². The Hall–Kier alpha value is -3.07. The van der Waals surface area contributed by atoms with Crippen LogP contribution in [0.5, 0.6) is 11.5 Å². The van der Waals surface area contributed by atoms with Gasteiger partial charge in [-0.3, -0.25) is 9.80 Å². The Balaban J connectivity index is 1.67. The van der Waals surface area contributed by atoms with Gasteiger partial charge >= 0.3 is 0 Å². The minimum Gasteiger partial charge on any atom is -0.493 e. The molecule has 1 amide bonds. The highest BCUT2D eigenvalue weighted by molar-refractivity contribution is 7.90. The zero-order chi connectivity index (χ0) is 24.0. The lowest BCUT2D eigenvalue weighted by Gasteiger charge is -2.21. The molecule has 1 fully saturated rings. The molecule has 1 heterocycles. The van der Waals surface area contributed by atoms with Gasteiger partial charge in [0.1, 0.15) is 6.04 Å². The average molecular weight is 474 g/mol. The molecule has 9 heteroatoms. The third kappa shape index (κ3) is 6.71. The van der Waals surface area contributed by atoms with Crippen LogP contribution >= 0.6 is 0 Å². The second-order valence-corrected chi connectivity index (χ2v) is 10.5. The smallest absolute Gasteiger partial charge is 0.248 e. The number of hydrogen-bond acceptors (Lipinski definition) is 7. The highest BCUT2D eigenvalue weighted by atomic mass is 32.2. The van der Waals surface area contributed by atoms with Crippen LogP contribution in [0, 0.1) is 5.92 Å². The number of anilines is 1. The van der Waals surface area contributed by atoms with Crippen LogP contribution in [-0.2, 0) is 14.6 Å². The molecule has 33 heavy (non-hydrogen) atoms. The number of hydrazone groups is 1. The maximum Gasteiger partial charge on any atom is 0.248 e. The van der Waals surface area contributed by atoms with E-state index in [0.29, 0.717) is 42.7 Å². The number of nitrogens with one attached hydrogen (secondary N) is 1. The van der Waals surface area contributed by atoms with Crippen molar-refractivity contribution in [3.05, 3.63) is 48.0 Å². The fraction of sp³-hybridized carbons (Fsp3) is 0.417. The molecule has 1 atom stereocenters. The van der Waals surface area contributed by atoms with E-state index in [0.717, 1.165) is 18.2 Å². The van der Waals surface area contributed by atoms with E-state index < -0.39 is 15.9 Å². The molecule has 0 bridgehead atoms. The maximum absolute atomic E-state index is 12.8. The summed E-state index contributed by atoms with van der Waals surface area (Å²) >= 11 is 0. The van der Waals surface area contributed by atoms with Crippen LogP contribution in [0.25, 0.3) is 0 Å². The molecule has 3 rings (SSSR count). The standard InChI is InChI=1S/C24H31N3O5S/c1-17(2)16-32-23-14-18(7-12-22(23)31-3)15-25-27-13-5-6-21(27)24(28)26-19-8-10-20(11-9-19)33(4,29)30/h7-12,14-15,17,21H,5-6,13,16H2,1-4H3,(H,26,28)/b25-15+/t21-/m0/s1.